The first-order valence-electron chi connectivity index (χ1n) is 25.2. The van der Waals surface area contributed by atoms with Crippen LogP contribution in [0.2, 0.25) is 0 Å². The smallest absolute Gasteiger partial charge is 0.664 e. The molecule has 0 spiro atoms. The Hall–Kier alpha value is -4.09. The van der Waals surface area contributed by atoms with Crippen molar-refractivity contribution >= 4 is 70.4 Å². The molecule has 0 saturated carbocycles. The number of esters is 1. The van der Waals surface area contributed by atoms with Crippen LogP contribution in [0, 0.1) is 61.2 Å². The van der Waals surface area contributed by atoms with Gasteiger partial charge in [0.25, 0.3) is 0 Å². The molecule has 0 unspecified atom stereocenters. The van der Waals surface area contributed by atoms with Crippen LogP contribution in [-0.2, 0) is 18.7 Å². The third-order valence-corrected chi connectivity index (χ3v) is 15.2. The maximum atomic E-state index is 14.6. The number of hydrogen-bond donors (Lipinski definition) is 0. The first-order valence-corrected chi connectivity index (χ1v) is 25.2. The van der Waals surface area contributed by atoms with Crippen LogP contribution < -0.4 is 9.97 Å². The number of aromatic nitrogens is 2. The van der Waals surface area contributed by atoms with E-state index in [1.807, 2.05) is 38.2 Å². The van der Waals surface area contributed by atoms with Gasteiger partial charge in [-0.1, -0.05) is 140 Å². The van der Waals surface area contributed by atoms with Crippen molar-refractivity contribution < 1.29 is 28.3 Å². The van der Waals surface area contributed by atoms with Crippen LogP contribution in [0.4, 0.5) is 0 Å². The summed E-state index contributed by atoms with van der Waals surface area (Å²) in [6.45, 7) is 24.5. The van der Waals surface area contributed by atoms with E-state index in [1.54, 1.807) is 6.92 Å². The molecule has 6 heterocycles. The number of nitrogens with zero attached hydrogens (tertiary/aromatic N) is 4. The summed E-state index contributed by atoms with van der Waals surface area (Å²) in [6.07, 6.45) is 20.5. The average molecular weight is 925 g/mol. The first kappa shape index (κ1) is 52.3. The number of ketones is 2. The van der Waals surface area contributed by atoms with Gasteiger partial charge in [-0.05, 0) is 94.5 Å². The predicted molar refractivity (Wildman–Crippen MR) is 270 cm³/mol. The van der Waals surface area contributed by atoms with Gasteiger partial charge in [-0.2, -0.15) is 22.8 Å². The fraction of sp³-hybridized carbons (Fsp3) is 0.607. The zero-order valence-electron chi connectivity index (χ0n) is 42.5. The van der Waals surface area contributed by atoms with Crippen LogP contribution in [0.15, 0.2) is 34.4 Å². The van der Waals surface area contributed by atoms with Crippen LogP contribution in [0.3, 0.4) is 0 Å². The second kappa shape index (κ2) is 22.6. The monoisotopic (exact) mass is 924 g/mol. The van der Waals surface area contributed by atoms with Crippen LogP contribution >= 0.6 is 0 Å². The molecule has 2 aromatic rings. The second-order valence-electron chi connectivity index (χ2n) is 20.9. The standard InChI is InChI=1S/C56H77N4O6.Mg/c1-12-40-35(7)42-30-47-49(39(11)61)37(9)44(58-47)28-43-36(8)41(22-23-48(62)65-25-24-34(6)21-15-20-33(5)19-14-18-32(4)17-13-16-31(2)3)53(59-43)51-52(56(64)66-26-27-66)55(63)50-38(10)45(60-54(50)51)29-46(40)57-42;/h24,28-33,35-36,40-41,52H,12-23,25-27H2,1-11H3,(H2-2,57,58,59,60,61,63);/q-1;+2/p-2/b34-24+,43-28-,46-29-;/t32-,33-,35-,36+,40-,41+,52-;/m1./s1. The molecule has 2 aromatic heterocycles. The van der Waals surface area contributed by atoms with E-state index in [-0.39, 0.29) is 83.3 Å². The molecule has 0 N–H and O–H groups in total. The molecule has 0 radical (unpaired) electrons. The van der Waals surface area contributed by atoms with Crippen molar-refractivity contribution in [3.05, 3.63) is 90.1 Å². The molecule has 7 atom stereocenters. The Labute approximate surface area is 417 Å². The van der Waals surface area contributed by atoms with Crippen molar-refractivity contribution in [3.8, 4) is 0 Å². The average Bonchev–Trinajstić information content (AvgIpc) is 3.69. The number of fused-ring (bicyclic) bond motifs is 7. The van der Waals surface area contributed by atoms with Crippen LogP contribution in [0.5, 0.6) is 0 Å². The Kier molecular flexibility index (Phi) is 17.6. The molecule has 3 saturated heterocycles. The Morgan fingerprint density at radius 3 is 2.01 bits per heavy atom. The third-order valence-electron chi connectivity index (χ3n) is 15.2. The Morgan fingerprint density at radius 2 is 1.37 bits per heavy atom. The van der Waals surface area contributed by atoms with E-state index in [4.69, 9.17) is 25.3 Å². The minimum atomic E-state index is -1.10. The number of carbonyl (C=O) groups excluding carboxylic acids is 4. The molecule has 3 fully saturated rings. The summed E-state index contributed by atoms with van der Waals surface area (Å²) in [5, 5.41) is 10.4. The number of allylic oxidation sites excluding steroid dienone is 5. The van der Waals surface area contributed by atoms with Gasteiger partial charge in [0.05, 0.1) is 0 Å². The van der Waals surface area contributed by atoms with E-state index < -0.39 is 5.92 Å². The van der Waals surface area contributed by atoms with E-state index in [2.05, 4.69) is 59.8 Å². The predicted octanol–water partition coefficient (Wildman–Crippen LogP) is 12.8. The van der Waals surface area contributed by atoms with Gasteiger partial charge in [0.1, 0.15) is 6.61 Å². The molecule has 0 aromatic carbocycles. The molecule has 5 aliphatic rings. The number of ether oxygens (including phenoxy) is 1. The fourth-order valence-corrected chi connectivity index (χ4v) is 10.9. The molecular weight excluding hydrogens is 849 g/mol. The van der Waals surface area contributed by atoms with E-state index in [1.165, 1.54) is 50.5 Å². The molecule has 7 rings (SSSR count). The fourth-order valence-electron chi connectivity index (χ4n) is 10.9. The molecule has 11 heteroatoms. The summed E-state index contributed by atoms with van der Waals surface area (Å²) in [5.74, 6) is -0.115. The quantitative estimate of drug-likeness (QED) is 0.0245. The van der Waals surface area contributed by atoms with Gasteiger partial charge in [0, 0.05) is 22.3 Å². The summed E-state index contributed by atoms with van der Waals surface area (Å²) in [5.41, 5.74) is 9.63. The van der Waals surface area contributed by atoms with Crippen molar-refractivity contribution in [2.24, 2.45) is 47.3 Å². The Balaban J connectivity index is 0.00000741. The van der Waals surface area contributed by atoms with Crippen molar-refractivity contribution in [1.29, 1.82) is 0 Å². The summed E-state index contributed by atoms with van der Waals surface area (Å²) in [6, 6.07) is 0. The third kappa shape index (κ3) is 11.7. The molecule has 67 heavy (non-hydrogen) atoms. The molecule has 4 aliphatic heterocycles. The molecule has 0 amide bonds. The molecular formula is C56H75MgN4O6-. The van der Waals surface area contributed by atoms with E-state index in [0.717, 1.165) is 53.6 Å². The van der Waals surface area contributed by atoms with Crippen LogP contribution in [0.1, 0.15) is 194 Å². The number of hydrogen-bond acceptors (Lipinski definition) is 5. The summed E-state index contributed by atoms with van der Waals surface area (Å²) >= 11 is 0. The van der Waals surface area contributed by atoms with Gasteiger partial charge in [0.2, 0.25) is 5.92 Å². The zero-order chi connectivity index (χ0) is 47.6. The minimum absolute atomic E-state index is 0. The van der Waals surface area contributed by atoms with Crippen LogP contribution in [0.25, 0.3) is 34.4 Å². The SMILES string of the molecule is CC[C@H]1/C2=C/c3[n-]c4c(c3C)C(=O)[C@H](C(=O)[O+]3CC3)/C4=C3/[N-]/C(=C\c4[n-]c(c(C(C)=O)c4C)/C=C(\[N-]2)[C@@H]1C)[C@@H](C)[C@@H]3CCC(=O)OC/C=C(\C)CCC[C@H](C)CCC[C@H](C)CCCC(C)C.[Mg+2]. The summed E-state index contributed by atoms with van der Waals surface area (Å²) in [7, 11) is 0. The van der Waals surface area contributed by atoms with Gasteiger partial charge in [-0.25, -0.2) is 0 Å². The number of epoxide rings is 1. The van der Waals surface area contributed by atoms with Gasteiger partial charge in [-0.3, -0.25) is 14.4 Å². The zero-order valence-corrected chi connectivity index (χ0v) is 43.9. The van der Waals surface area contributed by atoms with Gasteiger partial charge in [0.15, 0.2) is 24.8 Å². The normalized spacial score (nSPS) is 26.2. The second-order valence-corrected chi connectivity index (χ2v) is 20.9. The largest absolute Gasteiger partial charge is 2.00 e. The number of carbonyl (C=O) groups is 4. The van der Waals surface area contributed by atoms with Crippen molar-refractivity contribution in [2.45, 2.75) is 153 Å². The van der Waals surface area contributed by atoms with Crippen molar-refractivity contribution in [1.82, 2.24) is 9.97 Å². The first-order chi connectivity index (χ1) is 31.5. The summed E-state index contributed by atoms with van der Waals surface area (Å²) in [4.78, 5) is 65.6. The molecule has 10 nitrogen and oxygen atoms in total. The topological polar surface area (TPSA) is 137 Å². The van der Waals surface area contributed by atoms with Crippen LogP contribution in [-0.4, -0.2) is 66.4 Å². The molecule has 1 aliphatic carbocycles. The van der Waals surface area contributed by atoms with Crippen molar-refractivity contribution in [3.63, 3.8) is 0 Å². The van der Waals surface area contributed by atoms with E-state index in [0.29, 0.717) is 76.4 Å². The van der Waals surface area contributed by atoms with Gasteiger partial charge < -0.3 is 29.7 Å². The maximum absolute atomic E-state index is 14.6. The number of Topliss-reactive ketones (excluding diaryl/α,β-unsaturated/α-hetero) is 2. The van der Waals surface area contributed by atoms with Gasteiger partial charge in [-0.15, -0.1) is 22.8 Å². The molecule has 8 bridgehead atoms. The summed E-state index contributed by atoms with van der Waals surface area (Å²) < 4.78 is 8.44. The van der Waals surface area contributed by atoms with E-state index in [9.17, 15) is 19.2 Å². The van der Waals surface area contributed by atoms with Crippen molar-refractivity contribution in [2.75, 3.05) is 19.8 Å². The Morgan fingerprint density at radius 1 is 0.776 bits per heavy atom. The minimum Gasteiger partial charge on any atom is -0.664 e. The molecule has 358 valence electrons. The van der Waals surface area contributed by atoms with Gasteiger partial charge >= 0.3 is 35.0 Å². The Bertz CT molecular complexity index is 2350. The van der Waals surface area contributed by atoms with E-state index >= 15 is 0 Å². The number of rotatable bonds is 20. The maximum Gasteiger partial charge on any atom is 2.00 e.